The standard InChI is InChI=1S/C65H117N11O14S/c1-25-27-28-41(13)53(78)52-57(82)68-44(26-2)59(84)74(22)49(35-91-30-29-77)62(87)73(21)48(34-65(16,17)90)56(81)69-50(39(9)10)63(88)70(18)45(31-36(3)4)55(80)66-42(14)54(79)67-43(15)58(83)71(19)46(32-37(5)6)60(85)72(20)47(33-38(7)8)61(86)75(23)51(40(11)12)64(89)76(52)24/h25,27,36-53,77-78,90H,26,28-35H2,1-24H3,(H,66,80)(H,67,79)(H,68,82)(H,69,81)/b27-25+/t41-,42+,43-,44+,45+,46+,47+,48+,49-,50+,51+,52+,53-/m1/s1. The van der Waals surface area contributed by atoms with Crippen molar-refractivity contribution < 1.29 is 68.1 Å². The Labute approximate surface area is 547 Å². The fourth-order valence-electron chi connectivity index (χ4n) is 11.2. The molecule has 91 heavy (non-hydrogen) atoms. The van der Waals surface area contributed by atoms with Crippen molar-refractivity contribution in [3.63, 3.8) is 0 Å². The number of amides is 11. The van der Waals surface area contributed by atoms with Gasteiger partial charge in [0.2, 0.25) is 65.0 Å². The van der Waals surface area contributed by atoms with Crippen molar-refractivity contribution >= 4 is 76.7 Å². The normalized spacial score (nSPS) is 26.9. The van der Waals surface area contributed by atoms with Crippen LogP contribution < -0.4 is 21.3 Å². The van der Waals surface area contributed by atoms with Crippen molar-refractivity contribution in [3.05, 3.63) is 12.2 Å². The van der Waals surface area contributed by atoms with Gasteiger partial charge in [0.25, 0.3) is 0 Å². The number of thioether (sulfide) groups is 1. The molecule has 1 rings (SSSR count). The SMILES string of the molecule is C/C=C/C[C@@H](C)[C@@H](O)[C@H]1C(=O)N[C@@H](CC)C(=O)N(C)[C@H](CSCCO)C(=O)N(C)[C@@H](CC(C)(C)O)C(=O)N[C@@H](C(C)C)C(=O)N(C)[C@@H](CC(C)C)C(=O)N[C@@H](C)C(=O)N[C@H](C)C(=O)N(C)[C@@H](CC(C)C)C(=O)N(C)[C@@H](CC(C)C)C(=O)N(C)[C@@H](C(C)C)C(=O)N1C. The van der Waals surface area contributed by atoms with E-state index in [1.54, 1.807) is 60.6 Å². The van der Waals surface area contributed by atoms with Gasteiger partial charge in [-0.15, -0.1) is 0 Å². The van der Waals surface area contributed by atoms with Crippen LogP contribution in [0.5, 0.6) is 0 Å². The first-order valence-corrected chi connectivity index (χ1v) is 33.4. The van der Waals surface area contributed by atoms with E-state index in [4.69, 9.17) is 0 Å². The summed E-state index contributed by atoms with van der Waals surface area (Å²) in [7, 11) is 9.67. The van der Waals surface area contributed by atoms with Gasteiger partial charge in [-0.05, 0) is 102 Å². The van der Waals surface area contributed by atoms with Gasteiger partial charge in [0.1, 0.15) is 66.5 Å². The molecule has 1 heterocycles. The molecule has 522 valence electrons. The van der Waals surface area contributed by atoms with Crippen LogP contribution in [0.2, 0.25) is 0 Å². The van der Waals surface area contributed by atoms with Gasteiger partial charge in [-0.3, -0.25) is 52.7 Å². The molecule has 0 saturated carbocycles. The predicted molar refractivity (Wildman–Crippen MR) is 353 cm³/mol. The highest BCUT2D eigenvalue weighted by atomic mass is 32.2. The number of allylic oxidation sites excluding steroid dienone is 2. The third-order valence-corrected chi connectivity index (χ3v) is 17.9. The Kier molecular flexibility index (Phi) is 34.5. The zero-order valence-corrected chi connectivity index (χ0v) is 60.1. The minimum Gasteiger partial charge on any atom is -0.396 e. The zero-order chi connectivity index (χ0) is 70.6. The maximum Gasteiger partial charge on any atom is 0.246 e. The number of hydrogen-bond donors (Lipinski definition) is 7. The van der Waals surface area contributed by atoms with Crippen molar-refractivity contribution in [1.29, 1.82) is 0 Å². The lowest BCUT2D eigenvalue weighted by atomic mass is 9.91. The number of likely N-dealkylation sites (N-methyl/N-ethyl adjacent to an activating group) is 7. The lowest BCUT2D eigenvalue weighted by Gasteiger charge is -2.41. The van der Waals surface area contributed by atoms with Crippen LogP contribution in [0.1, 0.15) is 156 Å². The summed E-state index contributed by atoms with van der Waals surface area (Å²) in [5.41, 5.74) is -1.60. The Morgan fingerprint density at radius 1 is 0.505 bits per heavy atom. The van der Waals surface area contributed by atoms with Crippen LogP contribution in [-0.4, -0.2) is 260 Å². The van der Waals surface area contributed by atoms with E-state index in [0.717, 1.165) is 26.5 Å². The van der Waals surface area contributed by atoms with E-state index in [1.165, 1.54) is 96.6 Å². The molecule has 13 atom stereocenters. The Hall–Kier alpha value is -5.86. The highest BCUT2D eigenvalue weighted by Gasteiger charge is 2.47. The lowest BCUT2D eigenvalue weighted by Crippen LogP contribution is -2.64. The third kappa shape index (κ3) is 23.9. The van der Waals surface area contributed by atoms with Crippen LogP contribution in [0.25, 0.3) is 0 Å². The summed E-state index contributed by atoms with van der Waals surface area (Å²) in [5.74, 6) is -10.6. The summed E-state index contributed by atoms with van der Waals surface area (Å²) in [6.07, 6.45) is 2.21. The summed E-state index contributed by atoms with van der Waals surface area (Å²) in [4.78, 5) is 171. The first-order valence-electron chi connectivity index (χ1n) is 32.3. The number of carbonyl (C=O) groups is 11. The summed E-state index contributed by atoms with van der Waals surface area (Å²) < 4.78 is 0. The molecule has 0 radical (unpaired) electrons. The van der Waals surface area contributed by atoms with Crippen molar-refractivity contribution in [2.75, 3.05) is 67.4 Å². The molecule has 1 aliphatic rings. The Morgan fingerprint density at radius 2 is 0.934 bits per heavy atom. The second kappa shape index (κ2) is 37.7. The molecule has 0 aromatic heterocycles. The molecule has 0 spiro atoms. The van der Waals surface area contributed by atoms with E-state index in [0.29, 0.717) is 0 Å². The number of aliphatic hydroxyl groups is 3. The fourth-order valence-corrected chi connectivity index (χ4v) is 12.1. The van der Waals surface area contributed by atoms with Crippen LogP contribution in [0.3, 0.4) is 0 Å². The minimum atomic E-state index is -1.68. The van der Waals surface area contributed by atoms with Crippen molar-refractivity contribution in [2.24, 2.45) is 35.5 Å². The van der Waals surface area contributed by atoms with Gasteiger partial charge < -0.3 is 70.9 Å². The molecule has 25 nitrogen and oxygen atoms in total. The Morgan fingerprint density at radius 3 is 1.40 bits per heavy atom. The molecule has 1 fully saturated rings. The van der Waals surface area contributed by atoms with Crippen molar-refractivity contribution in [2.45, 2.75) is 234 Å². The molecule has 0 bridgehead atoms. The maximum absolute atomic E-state index is 15.3. The molecule has 0 unspecified atom stereocenters. The van der Waals surface area contributed by atoms with Crippen LogP contribution in [-0.2, 0) is 52.7 Å². The van der Waals surface area contributed by atoms with Crippen LogP contribution in [0, 0.1) is 35.5 Å². The quantitative estimate of drug-likeness (QED) is 0.0722. The molecule has 1 saturated heterocycles. The van der Waals surface area contributed by atoms with Crippen molar-refractivity contribution in [3.8, 4) is 0 Å². The van der Waals surface area contributed by atoms with E-state index in [1.807, 2.05) is 41.5 Å². The first-order chi connectivity index (χ1) is 42.0. The molecule has 0 aliphatic carbocycles. The van der Waals surface area contributed by atoms with Crippen LogP contribution in [0.15, 0.2) is 12.2 Å². The van der Waals surface area contributed by atoms with E-state index in [9.17, 15) is 44.1 Å². The Balaban J connectivity index is 4.53. The number of nitrogens with one attached hydrogen (secondary N) is 4. The lowest BCUT2D eigenvalue weighted by molar-refractivity contribution is -0.157. The highest BCUT2D eigenvalue weighted by Crippen LogP contribution is 2.27. The second-order valence-corrected chi connectivity index (χ2v) is 28.6. The van der Waals surface area contributed by atoms with Gasteiger partial charge in [0.15, 0.2) is 0 Å². The van der Waals surface area contributed by atoms with E-state index < -0.39 is 161 Å². The maximum atomic E-state index is 15.3. The number of hydrogen-bond acceptors (Lipinski definition) is 15. The summed E-state index contributed by atoms with van der Waals surface area (Å²) in [5, 5.41) is 44.3. The second-order valence-electron chi connectivity index (χ2n) is 27.5. The molecule has 11 amide bonds. The Bertz CT molecular complexity index is 2490. The molecular weight excluding hydrogens is 1190 g/mol. The van der Waals surface area contributed by atoms with Gasteiger partial charge >= 0.3 is 0 Å². The van der Waals surface area contributed by atoms with Gasteiger partial charge in [-0.1, -0.05) is 95.2 Å². The molecule has 0 aromatic rings. The summed E-state index contributed by atoms with van der Waals surface area (Å²) >= 11 is 1.13. The highest BCUT2D eigenvalue weighted by molar-refractivity contribution is 7.99. The van der Waals surface area contributed by atoms with E-state index >= 15 is 24.0 Å². The molecule has 0 aromatic carbocycles. The van der Waals surface area contributed by atoms with Crippen molar-refractivity contribution in [1.82, 2.24) is 55.6 Å². The zero-order valence-electron chi connectivity index (χ0n) is 59.3. The average molecular weight is 1310 g/mol. The fraction of sp³-hybridized carbons (Fsp3) is 0.800. The third-order valence-electron chi connectivity index (χ3n) is 16.9. The molecule has 26 heteroatoms. The number of carbonyl (C=O) groups excluding carboxylic acids is 11. The number of rotatable bonds is 19. The van der Waals surface area contributed by atoms with Gasteiger partial charge in [0, 0.05) is 67.3 Å². The molecular formula is C65H117N11O14S. The average Bonchev–Trinajstić information content (AvgIpc) is 0.830. The van der Waals surface area contributed by atoms with E-state index in [-0.39, 0.29) is 74.4 Å². The topological polar surface area (TPSA) is 319 Å². The van der Waals surface area contributed by atoms with Gasteiger partial charge in [0.05, 0.1) is 18.3 Å². The van der Waals surface area contributed by atoms with Crippen LogP contribution >= 0.6 is 11.8 Å². The smallest absolute Gasteiger partial charge is 0.246 e. The molecule has 7 N–H and O–H groups in total. The van der Waals surface area contributed by atoms with Gasteiger partial charge in [-0.2, -0.15) is 11.8 Å². The summed E-state index contributed by atoms with van der Waals surface area (Å²) in [6, 6.07) is -14.6. The minimum absolute atomic E-state index is 0.0586. The van der Waals surface area contributed by atoms with Gasteiger partial charge in [-0.25, -0.2) is 0 Å². The predicted octanol–water partition coefficient (Wildman–Crippen LogP) is 2.48. The largest absolute Gasteiger partial charge is 0.396 e. The number of nitrogens with zero attached hydrogens (tertiary/aromatic N) is 7. The molecule has 1 aliphatic heterocycles. The monoisotopic (exact) mass is 1310 g/mol. The summed E-state index contributed by atoms with van der Waals surface area (Å²) in [6.45, 7) is 28.4. The van der Waals surface area contributed by atoms with Crippen LogP contribution in [0.4, 0.5) is 0 Å². The first kappa shape index (κ1) is 83.2. The van der Waals surface area contributed by atoms with E-state index in [2.05, 4.69) is 21.3 Å². The number of aliphatic hydroxyl groups excluding tert-OH is 2.